The summed E-state index contributed by atoms with van der Waals surface area (Å²) < 4.78 is 1.69. The van der Waals surface area contributed by atoms with Gasteiger partial charge in [-0.3, -0.25) is 4.79 Å². The number of carboxylic acid groups (broad SMARTS) is 1. The van der Waals surface area contributed by atoms with Crippen LogP contribution in [-0.4, -0.2) is 38.7 Å². The maximum Gasteiger partial charge on any atom is 0.320 e. The first-order chi connectivity index (χ1) is 6.27. The summed E-state index contributed by atoms with van der Waals surface area (Å²) in [4.78, 5) is 10.6. The standard InChI is InChI=1S/C7H10N4O2/c12-7(13)6-3-5(4-8-6)11-2-1-9-10-11/h1-2,5-6,8H,3-4H2,(H,12,13)/t5-,6+/m0/s1. The van der Waals surface area contributed by atoms with Crippen LogP contribution in [0.5, 0.6) is 0 Å². The molecule has 0 saturated carbocycles. The van der Waals surface area contributed by atoms with Crippen LogP contribution >= 0.6 is 0 Å². The van der Waals surface area contributed by atoms with Gasteiger partial charge in [-0.2, -0.15) is 0 Å². The highest BCUT2D eigenvalue weighted by molar-refractivity contribution is 5.73. The van der Waals surface area contributed by atoms with E-state index in [4.69, 9.17) is 5.11 Å². The van der Waals surface area contributed by atoms with Crippen LogP contribution in [-0.2, 0) is 4.79 Å². The molecule has 1 aromatic heterocycles. The molecule has 1 aromatic rings. The summed E-state index contributed by atoms with van der Waals surface area (Å²) in [5, 5.41) is 19.1. The highest BCUT2D eigenvalue weighted by Crippen LogP contribution is 2.17. The third kappa shape index (κ3) is 1.52. The number of carboxylic acids is 1. The summed E-state index contributed by atoms with van der Waals surface area (Å²) in [5.41, 5.74) is 0. The number of nitrogens with one attached hydrogen (secondary N) is 1. The van der Waals surface area contributed by atoms with E-state index in [2.05, 4.69) is 15.6 Å². The number of carbonyl (C=O) groups is 1. The Morgan fingerprint density at radius 1 is 1.69 bits per heavy atom. The molecule has 1 saturated heterocycles. The first-order valence-electron chi connectivity index (χ1n) is 4.09. The molecule has 13 heavy (non-hydrogen) atoms. The summed E-state index contributed by atoms with van der Waals surface area (Å²) in [7, 11) is 0. The second kappa shape index (κ2) is 3.14. The Morgan fingerprint density at radius 2 is 2.54 bits per heavy atom. The molecule has 2 heterocycles. The number of hydrogen-bond donors (Lipinski definition) is 2. The molecule has 2 rings (SSSR count). The average molecular weight is 182 g/mol. The van der Waals surface area contributed by atoms with E-state index in [1.807, 2.05) is 0 Å². The van der Waals surface area contributed by atoms with Crippen molar-refractivity contribution in [1.29, 1.82) is 0 Å². The van der Waals surface area contributed by atoms with Gasteiger partial charge in [-0.1, -0.05) is 5.21 Å². The second-order valence-electron chi connectivity index (χ2n) is 3.07. The highest BCUT2D eigenvalue weighted by Gasteiger charge is 2.30. The molecule has 2 N–H and O–H groups in total. The minimum Gasteiger partial charge on any atom is -0.480 e. The third-order valence-electron chi connectivity index (χ3n) is 2.22. The molecule has 0 bridgehead atoms. The van der Waals surface area contributed by atoms with Crippen LogP contribution in [0, 0.1) is 0 Å². The van der Waals surface area contributed by atoms with Crippen LogP contribution in [0.3, 0.4) is 0 Å². The normalized spacial score (nSPS) is 27.7. The zero-order valence-electron chi connectivity index (χ0n) is 6.92. The Hall–Kier alpha value is -1.43. The quantitative estimate of drug-likeness (QED) is 0.630. The van der Waals surface area contributed by atoms with Crippen molar-refractivity contribution in [3.63, 3.8) is 0 Å². The number of nitrogens with zero attached hydrogens (tertiary/aromatic N) is 3. The van der Waals surface area contributed by atoms with Gasteiger partial charge in [0.2, 0.25) is 0 Å². The molecule has 0 spiro atoms. The molecule has 0 unspecified atom stereocenters. The summed E-state index contributed by atoms with van der Waals surface area (Å²) in [5.74, 6) is -0.803. The van der Waals surface area contributed by atoms with E-state index in [0.29, 0.717) is 13.0 Å². The van der Waals surface area contributed by atoms with E-state index in [0.717, 1.165) is 0 Å². The van der Waals surface area contributed by atoms with Crippen molar-refractivity contribution in [3.8, 4) is 0 Å². The van der Waals surface area contributed by atoms with Crippen LogP contribution in [0.25, 0.3) is 0 Å². The van der Waals surface area contributed by atoms with Crippen LogP contribution in [0.15, 0.2) is 12.4 Å². The van der Waals surface area contributed by atoms with Gasteiger partial charge in [0.25, 0.3) is 0 Å². The Balaban J connectivity index is 2.03. The maximum atomic E-state index is 10.6. The second-order valence-corrected chi connectivity index (χ2v) is 3.07. The molecular weight excluding hydrogens is 172 g/mol. The van der Waals surface area contributed by atoms with Crippen LogP contribution in [0.2, 0.25) is 0 Å². The highest BCUT2D eigenvalue weighted by atomic mass is 16.4. The van der Waals surface area contributed by atoms with Gasteiger partial charge in [-0.15, -0.1) is 5.10 Å². The van der Waals surface area contributed by atoms with Gasteiger partial charge in [-0.05, 0) is 6.42 Å². The van der Waals surface area contributed by atoms with Crippen molar-refractivity contribution in [3.05, 3.63) is 12.4 Å². The first-order valence-corrected chi connectivity index (χ1v) is 4.09. The predicted octanol–water partition coefficient (Wildman–Crippen LogP) is -0.734. The van der Waals surface area contributed by atoms with Crippen molar-refractivity contribution in [2.24, 2.45) is 0 Å². The molecular formula is C7H10N4O2. The molecule has 70 valence electrons. The minimum absolute atomic E-state index is 0.114. The van der Waals surface area contributed by atoms with Gasteiger partial charge in [0.15, 0.2) is 0 Å². The fraction of sp³-hybridized carbons (Fsp3) is 0.571. The zero-order valence-corrected chi connectivity index (χ0v) is 6.92. The van der Waals surface area contributed by atoms with Gasteiger partial charge in [0, 0.05) is 12.7 Å². The van der Waals surface area contributed by atoms with Gasteiger partial charge >= 0.3 is 5.97 Å². The monoisotopic (exact) mass is 182 g/mol. The Kier molecular flexibility index (Phi) is 1.97. The largest absolute Gasteiger partial charge is 0.480 e. The Bertz CT molecular complexity index is 297. The average Bonchev–Trinajstić information content (AvgIpc) is 2.75. The van der Waals surface area contributed by atoms with Gasteiger partial charge in [-0.25, -0.2) is 4.68 Å². The lowest BCUT2D eigenvalue weighted by Gasteiger charge is -2.06. The van der Waals surface area contributed by atoms with Crippen LogP contribution in [0.4, 0.5) is 0 Å². The van der Waals surface area contributed by atoms with E-state index in [9.17, 15) is 4.79 Å². The molecule has 0 amide bonds. The van der Waals surface area contributed by atoms with Crippen LogP contribution in [0.1, 0.15) is 12.5 Å². The number of rotatable bonds is 2. The van der Waals surface area contributed by atoms with Crippen molar-refractivity contribution < 1.29 is 9.90 Å². The predicted molar refractivity (Wildman–Crippen MR) is 43.1 cm³/mol. The van der Waals surface area contributed by atoms with E-state index < -0.39 is 12.0 Å². The summed E-state index contributed by atoms with van der Waals surface area (Å²) in [6.07, 6.45) is 3.91. The molecule has 1 aliphatic heterocycles. The lowest BCUT2D eigenvalue weighted by atomic mass is 10.2. The Morgan fingerprint density at radius 3 is 3.08 bits per heavy atom. The molecule has 1 aliphatic rings. The van der Waals surface area contributed by atoms with Crippen molar-refractivity contribution >= 4 is 5.97 Å². The summed E-state index contributed by atoms with van der Waals surface area (Å²) >= 11 is 0. The van der Waals surface area contributed by atoms with E-state index in [-0.39, 0.29) is 6.04 Å². The smallest absolute Gasteiger partial charge is 0.320 e. The molecule has 2 atom stereocenters. The molecule has 6 heteroatoms. The fourth-order valence-corrected chi connectivity index (χ4v) is 1.52. The minimum atomic E-state index is -0.803. The Labute approximate surface area is 74.6 Å². The molecule has 0 radical (unpaired) electrons. The van der Waals surface area contributed by atoms with Crippen molar-refractivity contribution in [2.75, 3.05) is 6.54 Å². The third-order valence-corrected chi connectivity index (χ3v) is 2.22. The molecule has 1 fully saturated rings. The topological polar surface area (TPSA) is 80.0 Å². The van der Waals surface area contributed by atoms with Crippen molar-refractivity contribution in [1.82, 2.24) is 20.3 Å². The number of aliphatic carboxylic acids is 1. The number of aromatic nitrogens is 3. The zero-order chi connectivity index (χ0) is 9.26. The maximum absolute atomic E-state index is 10.6. The van der Waals surface area contributed by atoms with Gasteiger partial charge in [0.05, 0.1) is 12.2 Å². The number of hydrogen-bond acceptors (Lipinski definition) is 4. The lowest BCUT2D eigenvalue weighted by Crippen LogP contribution is -2.29. The summed E-state index contributed by atoms with van der Waals surface area (Å²) in [6, 6.07) is -0.335. The molecule has 0 aromatic carbocycles. The SMILES string of the molecule is O=C(O)[C@H]1C[C@H](n2ccnn2)CN1. The summed E-state index contributed by atoms with van der Waals surface area (Å²) in [6.45, 7) is 0.639. The van der Waals surface area contributed by atoms with E-state index in [1.54, 1.807) is 17.1 Å². The van der Waals surface area contributed by atoms with Gasteiger partial charge < -0.3 is 10.4 Å². The van der Waals surface area contributed by atoms with E-state index in [1.165, 1.54) is 0 Å². The first kappa shape index (κ1) is 8.18. The van der Waals surface area contributed by atoms with Crippen molar-refractivity contribution in [2.45, 2.75) is 18.5 Å². The van der Waals surface area contributed by atoms with E-state index >= 15 is 0 Å². The molecule has 6 nitrogen and oxygen atoms in total. The van der Waals surface area contributed by atoms with Gasteiger partial charge in [0.1, 0.15) is 6.04 Å². The lowest BCUT2D eigenvalue weighted by molar-refractivity contribution is -0.139. The fourth-order valence-electron chi connectivity index (χ4n) is 1.52. The van der Waals surface area contributed by atoms with Crippen LogP contribution < -0.4 is 5.32 Å². The molecule has 0 aliphatic carbocycles.